The van der Waals surface area contributed by atoms with Crippen molar-refractivity contribution in [2.45, 2.75) is 0 Å². The Bertz CT molecular complexity index is 1010. The summed E-state index contributed by atoms with van der Waals surface area (Å²) in [4.78, 5) is 26.1. The van der Waals surface area contributed by atoms with Crippen molar-refractivity contribution in [1.82, 2.24) is 14.9 Å². The van der Waals surface area contributed by atoms with Crippen molar-refractivity contribution >= 4 is 46.9 Å². The predicted octanol–water partition coefficient (Wildman–Crippen LogP) is 2.98. The van der Waals surface area contributed by atoms with Crippen molar-refractivity contribution < 1.29 is 9.18 Å². The summed E-state index contributed by atoms with van der Waals surface area (Å²) in [6.07, 6.45) is 7.29. The fourth-order valence-electron chi connectivity index (χ4n) is 2.28. The average molecular weight is 447 g/mol. The number of halogens is 2. The molecule has 0 radical (unpaired) electrons. The monoisotopic (exact) mass is 446 g/mol. The SMILES string of the molecule is CN=C/C(=C\N)Nc1ncc(Cl)c(Nc2cc(NC(=O)/C=C/CN(C)C)ccc2F)n1. The first kappa shape index (κ1) is 23.8. The third-order valence-electron chi connectivity index (χ3n) is 3.67. The number of hydrogen-bond donors (Lipinski definition) is 4. The molecule has 2 aromatic rings. The van der Waals surface area contributed by atoms with Gasteiger partial charge in [-0.1, -0.05) is 17.7 Å². The fourth-order valence-corrected chi connectivity index (χ4v) is 2.42. The van der Waals surface area contributed by atoms with Crippen LogP contribution in [0.2, 0.25) is 5.02 Å². The molecule has 0 saturated heterocycles. The normalized spacial score (nSPS) is 12.0. The van der Waals surface area contributed by atoms with E-state index in [0.717, 1.165) is 0 Å². The van der Waals surface area contributed by atoms with Crippen molar-refractivity contribution in [3.63, 3.8) is 0 Å². The second kappa shape index (κ2) is 11.6. The van der Waals surface area contributed by atoms with E-state index in [2.05, 4.69) is 30.9 Å². The smallest absolute Gasteiger partial charge is 0.248 e. The molecule has 2 rings (SSSR count). The Hall–Kier alpha value is -3.50. The molecule has 31 heavy (non-hydrogen) atoms. The molecule has 1 aromatic heterocycles. The highest BCUT2D eigenvalue weighted by molar-refractivity contribution is 6.32. The Morgan fingerprint density at radius 1 is 1.35 bits per heavy atom. The summed E-state index contributed by atoms with van der Waals surface area (Å²) in [6, 6.07) is 4.12. The van der Waals surface area contributed by atoms with Gasteiger partial charge in [0.25, 0.3) is 0 Å². The number of benzene rings is 1. The number of likely N-dealkylation sites (N-methyl/N-ethyl adjacent to an activating group) is 1. The maximum atomic E-state index is 14.3. The minimum absolute atomic E-state index is 0.0753. The van der Waals surface area contributed by atoms with Crippen molar-refractivity contribution in [3.05, 3.63) is 59.3 Å². The summed E-state index contributed by atoms with van der Waals surface area (Å²) < 4.78 is 14.3. The molecular formula is C20H24ClFN8O. The lowest BCUT2D eigenvalue weighted by Crippen LogP contribution is -2.13. The molecule has 0 aliphatic rings. The van der Waals surface area contributed by atoms with Crippen molar-refractivity contribution in [3.8, 4) is 0 Å². The molecule has 0 bridgehead atoms. The average Bonchev–Trinajstić information content (AvgIpc) is 2.72. The number of hydrogen-bond acceptors (Lipinski definition) is 8. The first-order valence-electron chi connectivity index (χ1n) is 9.14. The molecule has 1 heterocycles. The van der Waals surface area contributed by atoms with Crippen LogP contribution in [0, 0.1) is 5.82 Å². The lowest BCUT2D eigenvalue weighted by atomic mass is 10.2. The highest BCUT2D eigenvalue weighted by Gasteiger charge is 2.11. The lowest BCUT2D eigenvalue weighted by Gasteiger charge is -2.12. The topological polar surface area (TPSA) is 121 Å². The third-order valence-corrected chi connectivity index (χ3v) is 3.95. The number of aromatic nitrogens is 2. The van der Waals surface area contributed by atoms with Gasteiger partial charge in [-0.15, -0.1) is 0 Å². The predicted molar refractivity (Wildman–Crippen MR) is 123 cm³/mol. The van der Waals surface area contributed by atoms with Crippen molar-refractivity contribution in [2.75, 3.05) is 43.6 Å². The van der Waals surface area contributed by atoms with Gasteiger partial charge in [-0.2, -0.15) is 4.98 Å². The van der Waals surface area contributed by atoms with Crippen molar-refractivity contribution in [2.24, 2.45) is 10.7 Å². The molecule has 1 amide bonds. The molecule has 0 unspecified atom stereocenters. The number of amides is 1. The van der Waals surface area contributed by atoms with E-state index >= 15 is 0 Å². The number of carbonyl (C=O) groups is 1. The standard InChI is InChI=1S/C20H24ClFN8O/c1-24-11-14(10-23)27-20-25-12-15(21)19(29-20)28-17-9-13(6-7-16(17)22)26-18(31)5-4-8-30(2)3/h4-7,9-12H,8,23H2,1-3H3,(H,26,31)(H2,25,27,28,29)/b5-4+,14-10+,24-11?. The van der Waals surface area contributed by atoms with E-state index in [4.69, 9.17) is 17.3 Å². The zero-order valence-corrected chi connectivity index (χ0v) is 18.1. The van der Waals surface area contributed by atoms with E-state index in [9.17, 15) is 9.18 Å². The highest BCUT2D eigenvalue weighted by Crippen LogP contribution is 2.27. The van der Waals surface area contributed by atoms with Gasteiger partial charge in [0.15, 0.2) is 5.82 Å². The Morgan fingerprint density at radius 3 is 2.81 bits per heavy atom. The first-order chi connectivity index (χ1) is 14.8. The molecule has 9 nitrogen and oxygen atoms in total. The molecule has 0 fully saturated rings. The lowest BCUT2D eigenvalue weighted by molar-refractivity contribution is -0.111. The highest BCUT2D eigenvalue weighted by atomic mass is 35.5. The van der Waals surface area contributed by atoms with Gasteiger partial charge in [-0.3, -0.25) is 9.79 Å². The molecule has 164 valence electrons. The minimum Gasteiger partial charge on any atom is -0.403 e. The fraction of sp³-hybridized carbons (Fsp3) is 0.200. The van der Waals surface area contributed by atoms with Gasteiger partial charge in [0.2, 0.25) is 11.9 Å². The molecule has 5 N–H and O–H groups in total. The maximum absolute atomic E-state index is 14.3. The Kier molecular flexibility index (Phi) is 8.92. The summed E-state index contributed by atoms with van der Waals surface area (Å²) in [5.74, 6) is -0.535. The first-order valence-corrected chi connectivity index (χ1v) is 9.52. The van der Waals surface area contributed by atoms with Gasteiger partial charge in [0.1, 0.15) is 10.8 Å². The second-order valence-corrected chi connectivity index (χ2v) is 6.91. The zero-order chi connectivity index (χ0) is 22.8. The largest absolute Gasteiger partial charge is 0.403 e. The van der Waals surface area contributed by atoms with Gasteiger partial charge in [-0.05, 0) is 32.3 Å². The van der Waals surface area contributed by atoms with Crippen LogP contribution >= 0.6 is 11.6 Å². The summed E-state index contributed by atoms with van der Waals surface area (Å²) in [5.41, 5.74) is 6.46. The Morgan fingerprint density at radius 2 is 2.13 bits per heavy atom. The van der Waals surface area contributed by atoms with E-state index in [0.29, 0.717) is 17.9 Å². The number of anilines is 4. The van der Waals surface area contributed by atoms with E-state index in [-0.39, 0.29) is 28.4 Å². The van der Waals surface area contributed by atoms with Crippen LogP contribution in [-0.4, -0.2) is 54.7 Å². The van der Waals surface area contributed by atoms with E-state index in [1.165, 1.54) is 42.9 Å². The van der Waals surface area contributed by atoms with Crippen LogP contribution in [-0.2, 0) is 4.79 Å². The number of rotatable bonds is 9. The van der Waals surface area contributed by atoms with E-state index in [1.807, 2.05) is 19.0 Å². The van der Waals surface area contributed by atoms with Crippen LogP contribution < -0.4 is 21.7 Å². The minimum atomic E-state index is -0.550. The van der Waals surface area contributed by atoms with Crippen LogP contribution in [0.15, 0.2) is 53.4 Å². The van der Waals surface area contributed by atoms with Crippen molar-refractivity contribution in [1.29, 1.82) is 0 Å². The maximum Gasteiger partial charge on any atom is 0.248 e. The number of aliphatic imine (C=N–C) groups is 1. The summed E-state index contributed by atoms with van der Waals surface area (Å²) in [6.45, 7) is 0.622. The van der Waals surface area contributed by atoms with Gasteiger partial charge >= 0.3 is 0 Å². The molecule has 0 saturated carbocycles. The third kappa shape index (κ3) is 7.68. The van der Waals surface area contributed by atoms with Crippen LogP contribution in [0.5, 0.6) is 0 Å². The van der Waals surface area contributed by atoms with Gasteiger partial charge < -0.3 is 26.6 Å². The van der Waals surface area contributed by atoms with Crippen LogP contribution in [0.1, 0.15) is 0 Å². The Balaban J connectivity index is 2.18. The molecule has 0 aliphatic carbocycles. The molecule has 0 aliphatic heterocycles. The summed E-state index contributed by atoms with van der Waals surface area (Å²) >= 11 is 6.15. The number of carbonyl (C=O) groups excluding carboxylic acids is 1. The van der Waals surface area contributed by atoms with E-state index < -0.39 is 5.82 Å². The second-order valence-electron chi connectivity index (χ2n) is 6.50. The van der Waals surface area contributed by atoms with Crippen LogP contribution in [0.25, 0.3) is 0 Å². The van der Waals surface area contributed by atoms with Crippen LogP contribution in [0.3, 0.4) is 0 Å². The Labute approximate surface area is 184 Å². The molecule has 0 spiro atoms. The molecular weight excluding hydrogens is 423 g/mol. The zero-order valence-electron chi connectivity index (χ0n) is 17.4. The number of nitrogens with one attached hydrogen (secondary N) is 3. The quantitative estimate of drug-likeness (QED) is 0.345. The number of nitrogens with two attached hydrogens (primary N) is 1. The van der Waals surface area contributed by atoms with E-state index in [1.54, 1.807) is 13.1 Å². The summed E-state index contributed by atoms with van der Waals surface area (Å²) in [5, 5.41) is 8.54. The molecule has 0 atom stereocenters. The van der Waals surface area contributed by atoms with Gasteiger partial charge in [0.05, 0.1) is 17.6 Å². The number of allylic oxidation sites excluding steroid dienone is 1. The van der Waals surface area contributed by atoms with Gasteiger partial charge in [0, 0.05) is 37.8 Å². The summed E-state index contributed by atoms with van der Waals surface area (Å²) in [7, 11) is 5.38. The van der Waals surface area contributed by atoms with Crippen LogP contribution in [0.4, 0.5) is 27.5 Å². The van der Waals surface area contributed by atoms with Gasteiger partial charge in [-0.25, -0.2) is 9.37 Å². The molecule has 1 aromatic carbocycles. The number of nitrogens with zero attached hydrogens (tertiary/aromatic N) is 4. The molecule has 11 heteroatoms.